The second kappa shape index (κ2) is 9.59. The van der Waals surface area contributed by atoms with Crippen molar-refractivity contribution in [3.8, 4) is 0 Å². The van der Waals surface area contributed by atoms with Crippen LogP contribution in [0.4, 0.5) is 0 Å². The monoisotopic (exact) mass is 588 g/mol. The van der Waals surface area contributed by atoms with Crippen molar-refractivity contribution >= 4 is 5.78 Å². The van der Waals surface area contributed by atoms with Crippen molar-refractivity contribution in [1.82, 2.24) is 0 Å². The fraction of sp³-hybridized carbons (Fsp3) is 0.914. The van der Waals surface area contributed by atoms with Gasteiger partial charge in [0.1, 0.15) is 0 Å². The first-order valence-corrected chi connectivity index (χ1v) is 16.8. The van der Waals surface area contributed by atoms with Crippen molar-refractivity contribution in [2.75, 3.05) is 0 Å². The molecule has 5 fully saturated rings. The number of aliphatic hydroxyl groups is 2. The molecule has 3 saturated carbocycles. The van der Waals surface area contributed by atoms with Crippen LogP contribution in [0.5, 0.6) is 0 Å². The average Bonchev–Trinajstić information content (AvgIpc) is 3.47. The highest BCUT2D eigenvalue weighted by Crippen LogP contribution is 2.70. The Bertz CT molecular complexity index is 1140. The summed E-state index contributed by atoms with van der Waals surface area (Å²) in [5.41, 5.74) is -2.28. The molecule has 12 atom stereocenters. The van der Waals surface area contributed by atoms with Gasteiger partial charge in [-0.1, -0.05) is 27.7 Å². The van der Waals surface area contributed by atoms with Crippen LogP contribution in [-0.4, -0.2) is 62.7 Å². The predicted molar refractivity (Wildman–Crippen MR) is 159 cm³/mol. The van der Waals surface area contributed by atoms with E-state index in [2.05, 4.69) is 34.6 Å². The van der Waals surface area contributed by atoms with Crippen molar-refractivity contribution in [1.29, 1.82) is 0 Å². The maximum Gasteiger partial charge on any atom is 0.166 e. The van der Waals surface area contributed by atoms with Gasteiger partial charge in [-0.05, 0) is 128 Å². The van der Waals surface area contributed by atoms with Crippen LogP contribution in [0.2, 0.25) is 0 Å². The molecule has 0 spiro atoms. The average molecular weight is 589 g/mol. The molecule has 0 aromatic carbocycles. The van der Waals surface area contributed by atoms with Crippen molar-refractivity contribution < 1.29 is 34.0 Å². The van der Waals surface area contributed by atoms with Crippen molar-refractivity contribution in [2.45, 2.75) is 173 Å². The van der Waals surface area contributed by atoms with Gasteiger partial charge in [0.05, 0.1) is 35.1 Å². The number of ether oxygens (including phenoxy) is 4. The van der Waals surface area contributed by atoms with Gasteiger partial charge in [0.15, 0.2) is 17.4 Å². The highest BCUT2D eigenvalue weighted by molar-refractivity contribution is 5.95. The highest BCUT2D eigenvalue weighted by atomic mass is 16.8. The molecule has 238 valence electrons. The van der Waals surface area contributed by atoms with Gasteiger partial charge in [-0.2, -0.15) is 0 Å². The molecule has 0 radical (unpaired) electrons. The number of hydrogen-bond acceptors (Lipinski definition) is 7. The summed E-state index contributed by atoms with van der Waals surface area (Å²) < 4.78 is 26.4. The van der Waals surface area contributed by atoms with Gasteiger partial charge in [0.25, 0.3) is 0 Å². The molecule has 42 heavy (non-hydrogen) atoms. The Kier molecular flexibility index (Phi) is 7.12. The van der Waals surface area contributed by atoms with Crippen LogP contribution in [0.25, 0.3) is 0 Å². The normalized spacial score (nSPS) is 53.8. The zero-order valence-electron chi connectivity index (χ0n) is 27.5. The second-order valence-corrected chi connectivity index (χ2v) is 16.5. The molecule has 6 aliphatic rings. The Hall–Kier alpha value is -0.830. The summed E-state index contributed by atoms with van der Waals surface area (Å²) in [7, 11) is 0. The number of carbonyl (C=O) groups is 1. The molecule has 2 aliphatic heterocycles. The highest BCUT2D eigenvalue weighted by Gasteiger charge is 2.72. The summed E-state index contributed by atoms with van der Waals surface area (Å²) in [6.07, 6.45) is 9.08. The molecule has 4 aliphatic carbocycles. The fourth-order valence-electron chi connectivity index (χ4n) is 10.6. The Morgan fingerprint density at radius 2 is 1.60 bits per heavy atom. The van der Waals surface area contributed by atoms with Gasteiger partial charge in [0.2, 0.25) is 0 Å². The lowest BCUT2D eigenvalue weighted by molar-refractivity contribution is -0.200. The van der Waals surface area contributed by atoms with Crippen molar-refractivity contribution in [3.05, 3.63) is 11.6 Å². The minimum Gasteiger partial charge on any atom is -0.390 e. The van der Waals surface area contributed by atoms with E-state index in [1.807, 2.05) is 33.8 Å². The molecule has 2 saturated heterocycles. The van der Waals surface area contributed by atoms with E-state index >= 15 is 0 Å². The Morgan fingerprint density at radius 3 is 2.24 bits per heavy atom. The minimum atomic E-state index is -1.08. The second-order valence-electron chi connectivity index (χ2n) is 16.5. The molecular weight excluding hydrogens is 532 g/mol. The molecule has 0 bridgehead atoms. The Balaban J connectivity index is 1.33. The van der Waals surface area contributed by atoms with E-state index in [-0.39, 0.29) is 47.3 Å². The molecular formula is C35H56O7. The summed E-state index contributed by atoms with van der Waals surface area (Å²) in [4.78, 5) is 13.9. The van der Waals surface area contributed by atoms with Gasteiger partial charge in [-0.25, -0.2) is 0 Å². The third kappa shape index (κ3) is 4.38. The number of allylic oxidation sites excluding steroid dienone is 1. The van der Waals surface area contributed by atoms with Crippen LogP contribution in [0.1, 0.15) is 127 Å². The van der Waals surface area contributed by atoms with Crippen LogP contribution < -0.4 is 0 Å². The summed E-state index contributed by atoms with van der Waals surface area (Å²) in [5, 5.41) is 23.4. The van der Waals surface area contributed by atoms with E-state index in [1.165, 1.54) is 0 Å². The molecule has 7 nitrogen and oxygen atoms in total. The zero-order chi connectivity index (χ0) is 30.7. The van der Waals surface area contributed by atoms with Gasteiger partial charge in [-0.3, -0.25) is 4.79 Å². The van der Waals surface area contributed by atoms with E-state index in [0.717, 1.165) is 44.1 Å². The van der Waals surface area contributed by atoms with E-state index in [1.54, 1.807) is 0 Å². The van der Waals surface area contributed by atoms with Crippen LogP contribution >= 0.6 is 0 Å². The third-order valence-corrected chi connectivity index (χ3v) is 13.3. The van der Waals surface area contributed by atoms with Gasteiger partial charge in [-0.15, -0.1) is 0 Å². The number of carbonyl (C=O) groups excluding carboxylic acids is 1. The van der Waals surface area contributed by atoms with Gasteiger partial charge < -0.3 is 29.2 Å². The first-order chi connectivity index (χ1) is 19.4. The molecule has 0 aromatic rings. The molecule has 7 heteroatoms. The number of rotatable bonds is 6. The lowest BCUT2D eigenvalue weighted by atomic mass is 9.45. The Morgan fingerprint density at radius 1 is 0.929 bits per heavy atom. The van der Waals surface area contributed by atoms with Crippen molar-refractivity contribution in [2.24, 2.45) is 28.6 Å². The summed E-state index contributed by atoms with van der Waals surface area (Å²) >= 11 is 0. The van der Waals surface area contributed by atoms with E-state index in [0.29, 0.717) is 25.7 Å². The quantitative estimate of drug-likeness (QED) is 0.380. The molecule has 0 amide bonds. The van der Waals surface area contributed by atoms with E-state index in [9.17, 15) is 15.0 Å². The molecule has 0 aromatic heterocycles. The van der Waals surface area contributed by atoms with Crippen LogP contribution in [0.15, 0.2) is 11.6 Å². The smallest absolute Gasteiger partial charge is 0.166 e. The lowest BCUT2D eigenvalue weighted by Gasteiger charge is -2.60. The maximum absolute atomic E-state index is 13.9. The largest absolute Gasteiger partial charge is 0.390 e. The number of ketones is 1. The topological polar surface area (TPSA) is 94.5 Å². The predicted octanol–water partition coefficient (Wildman–Crippen LogP) is 6.23. The molecule has 2 heterocycles. The standard InChI is InChI=1S/C35H56O7/c1-10-32(7)39-25-19-23-24(36)18-22-21(30(23,5)20-26(25)40-32)12-16-31(6)27(13-17-35(22,31)38)34(9)28(14-15-29(3,4)37)41-33(8,11-2)42-34/h18,21,23,25-28,37-38H,10-17,19-20H2,1-9H3/t21-,23-,25+,26-,27-,28-,30+,31+,32-,33+,34+,35+/m0/s1. The van der Waals surface area contributed by atoms with Gasteiger partial charge >= 0.3 is 0 Å². The summed E-state index contributed by atoms with van der Waals surface area (Å²) in [5.74, 6) is -1.08. The summed E-state index contributed by atoms with van der Waals surface area (Å²) in [6, 6.07) is 0. The van der Waals surface area contributed by atoms with Crippen molar-refractivity contribution in [3.63, 3.8) is 0 Å². The molecule has 6 rings (SSSR count). The van der Waals surface area contributed by atoms with Crippen LogP contribution in [-0.2, 0) is 23.7 Å². The Labute approximate surface area is 253 Å². The lowest BCUT2D eigenvalue weighted by Crippen LogP contribution is -2.62. The van der Waals surface area contributed by atoms with Gasteiger partial charge in [0, 0.05) is 11.3 Å². The van der Waals surface area contributed by atoms with E-state index < -0.39 is 33.8 Å². The number of hydrogen-bond donors (Lipinski definition) is 2. The molecule has 0 unspecified atom stereocenters. The third-order valence-electron chi connectivity index (χ3n) is 13.3. The van der Waals surface area contributed by atoms with Crippen LogP contribution in [0.3, 0.4) is 0 Å². The van der Waals surface area contributed by atoms with E-state index in [4.69, 9.17) is 18.9 Å². The SMILES string of the molecule is CC[C@]1(C)O[C@H]2C[C@@]3(C)[C@@H](C[C@H]2O1)C(=O)C=C1[C@@H]3CC[C@]2(C)[C@@H]([C@@]3(C)O[C@](C)(CC)O[C@H]3CCC(C)(C)O)CC[C@@]12O. The fourth-order valence-corrected chi connectivity index (χ4v) is 10.6. The maximum atomic E-state index is 13.9. The first-order valence-electron chi connectivity index (χ1n) is 16.8. The number of fused-ring (bicyclic) bond motifs is 6. The summed E-state index contributed by atoms with van der Waals surface area (Å²) in [6.45, 7) is 18.6. The van der Waals surface area contributed by atoms with Crippen LogP contribution in [0, 0.1) is 28.6 Å². The minimum absolute atomic E-state index is 0.0196. The zero-order valence-corrected chi connectivity index (χ0v) is 27.5. The first kappa shape index (κ1) is 31.2. The molecule has 2 N–H and O–H groups in total.